The van der Waals surface area contributed by atoms with Gasteiger partial charge in [-0.25, -0.2) is 0 Å². The van der Waals surface area contributed by atoms with Crippen LogP contribution in [0.2, 0.25) is 0 Å². The molecule has 19 heavy (non-hydrogen) atoms. The van der Waals surface area contributed by atoms with Crippen molar-refractivity contribution >= 4 is 27.0 Å². The normalized spacial score (nSPS) is 27.4. The van der Waals surface area contributed by atoms with E-state index < -0.39 is 0 Å². The summed E-state index contributed by atoms with van der Waals surface area (Å²) < 4.78 is 0. The second-order valence-electron chi connectivity index (χ2n) is 5.60. The van der Waals surface area contributed by atoms with E-state index in [-0.39, 0.29) is 29.1 Å². The Hall–Kier alpha value is 0.703. The molecule has 0 aromatic heterocycles. The quantitative estimate of drug-likeness (QED) is 0.496. The van der Waals surface area contributed by atoms with Gasteiger partial charge in [0.15, 0.2) is 0 Å². The number of allylic oxidation sites excluding steroid dienone is 4. The maximum absolute atomic E-state index is 2.31. The van der Waals surface area contributed by atoms with E-state index in [1.54, 1.807) is 32.9 Å². The number of hydrogen-bond acceptors (Lipinski definition) is 0. The van der Waals surface area contributed by atoms with Gasteiger partial charge in [0.05, 0.1) is 16.4 Å². The van der Waals surface area contributed by atoms with Crippen LogP contribution in [0.4, 0.5) is 0 Å². The standard InChI is InChI=1S/2C8H13P.Zr.2H/c2*1-5-6(2)8(4)9-7(5)3;;;/h2*7H,1-4H3;;;/q;;+2;2*-1/p+2. The van der Waals surface area contributed by atoms with Crippen molar-refractivity contribution < 1.29 is 29.1 Å². The van der Waals surface area contributed by atoms with Crippen LogP contribution in [0.3, 0.4) is 0 Å². The van der Waals surface area contributed by atoms with Gasteiger partial charge in [-0.15, -0.1) is 0 Å². The van der Waals surface area contributed by atoms with Crippen molar-refractivity contribution in [2.75, 3.05) is 0 Å². The van der Waals surface area contributed by atoms with Gasteiger partial charge >= 0.3 is 26.2 Å². The largest absolute Gasteiger partial charge is 2.00 e. The molecule has 2 rings (SSSR count). The summed E-state index contributed by atoms with van der Waals surface area (Å²) in [6.45, 7) is 18.1. The first-order chi connectivity index (χ1) is 8.25. The van der Waals surface area contributed by atoms with E-state index >= 15 is 0 Å². The van der Waals surface area contributed by atoms with Crippen molar-refractivity contribution in [2.45, 2.75) is 66.7 Å². The van der Waals surface area contributed by atoms with E-state index in [4.69, 9.17) is 0 Å². The van der Waals surface area contributed by atoms with Crippen molar-refractivity contribution in [2.24, 2.45) is 0 Å². The van der Waals surface area contributed by atoms with Gasteiger partial charge in [-0.05, 0) is 63.8 Å². The molecule has 106 valence electrons. The number of hydrogen-bond donors (Lipinski definition) is 0. The number of rotatable bonds is 0. The summed E-state index contributed by atoms with van der Waals surface area (Å²) in [4.78, 5) is 0. The smallest absolute Gasteiger partial charge is 1.00 e. The fourth-order valence-electron chi connectivity index (χ4n) is 2.32. The molecular formula is C16H30P2Zr+2. The van der Waals surface area contributed by atoms with Crippen LogP contribution >= 0.6 is 16.4 Å². The second kappa shape index (κ2) is 8.22. The van der Waals surface area contributed by atoms with Crippen molar-refractivity contribution in [1.82, 2.24) is 0 Å². The van der Waals surface area contributed by atoms with E-state index in [2.05, 4.69) is 55.4 Å². The summed E-state index contributed by atoms with van der Waals surface area (Å²) in [6, 6.07) is 0. The van der Waals surface area contributed by atoms with Gasteiger partial charge in [0.25, 0.3) is 0 Å². The molecule has 0 aliphatic carbocycles. The Kier molecular flexibility index (Phi) is 8.52. The van der Waals surface area contributed by atoms with E-state index in [1.165, 1.54) is 0 Å². The van der Waals surface area contributed by atoms with Gasteiger partial charge in [0, 0.05) is 13.8 Å². The first-order valence-corrected chi connectivity index (χ1v) is 8.96. The molecule has 0 nitrogen and oxygen atoms in total. The Bertz CT molecular complexity index is 433. The van der Waals surface area contributed by atoms with Crippen LogP contribution in [0, 0.1) is 0 Å². The molecule has 0 saturated heterocycles. The molecule has 2 aliphatic heterocycles. The van der Waals surface area contributed by atoms with Gasteiger partial charge in [0.1, 0.15) is 21.9 Å². The van der Waals surface area contributed by atoms with Crippen molar-refractivity contribution in [3.63, 3.8) is 0 Å². The van der Waals surface area contributed by atoms with Crippen molar-refractivity contribution in [3.05, 3.63) is 22.3 Å². The molecular weight excluding hydrogens is 345 g/mol. The van der Waals surface area contributed by atoms with Crippen molar-refractivity contribution in [3.8, 4) is 0 Å². The van der Waals surface area contributed by atoms with Gasteiger partial charge in [-0.2, -0.15) is 0 Å². The molecule has 4 unspecified atom stereocenters. The first-order valence-electron chi connectivity index (χ1n) is 6.81. The van der Waals surface area contributed by atoms with E-state index in [1.807, 2.05) is 0 Å². The average Bonchev–Trinajstić information content (AvgIpc) is 2.66. The van der Waals surface area contributed by atoms with E-state index in [0.717, 1.165) is 27.7 Å². The minimum absolute atomic E-state index is 0. The Morgan fingerprint density at radius 3 is 1.00 bits per heavy atom. The summed E-state index contributed by atoms with van der Waals surface area (Å²) in [5.41, 5.74) is 7.99. The Morgan fingerprint density at radius 2 is 0.947 bits per heavy atom. The molecule has 3 heteroatoms. The fourth-order valence-corrected chi connectivity index (χ4v) is 5.32. The Morgan fingerprint density at radius 1 is 0.684 bits per heavy atom. The maximum atomic E-state index is 2.31. The van der Waals surface area contributed by atoms with E-state index in [9.17, 15) is 0 Å². The topological polar surface area (TPSA) is 0 Å². The first kappa shape index (κ1) is 19.7. The maximum Gasteiger partial charge on any atom is 2.00 e. The molecule has 2 heterocycles. The fraction of sp³-hybridized carbons (Fsp3) is 0.625. The predicted molar refractivity (Wildman–Crippen MR) is 95.9 cm³/mol. The third-order valence-electron chi connectivity index (χ3n) is 4.47. The van der Waals surface area contributed by atoms with Crippen LogP contribution in [0.25, 0.3) is 0 Å². The van der Waals surface area contributed by atoms with Crippen LogP contribution in [0.5, 0.6) is 0 Å². The predicted octanol–water partition coefficient (Wildman–Crippen LogP) is 5.41. The van der Waals surface area contributed by atoms with Gasteiger partial charge in [-0.1, -0.05) is 0 Å². The third-order valence-corrected chi connectivity index (χ3v) is 7.82. The van der Waals surface area contributed by atoms with Crippen LogP contribution in [0.1, 0.15) is 58.2 Å². The monoisotopic (exact) mass is 374 g/mol. The molecule has 0 radical (unpaired) electrons. The Balaban J connectivity index is -0.000000270. The summed E-state index contributed by atoms with van der Waals surface area (Å²) in [5.74, 6) is 0. The molecule has 4 atom stereocenters. The molecule has 0 spiro atoms. The average molecular weight is 376 g/mol. The van der Waals surface area contributed by atoms with Crippen molar-refractivity contribution in [1.29, 1.82) is 0 Å². The minimum Gasteiger partial charge on any atom is -1.00 e. The van der Waals surface area contributed by atoms with Crippen LogP contribution in [-0.4, -0.2) is 21.9 Å². The summed E-state index contributed by atoms with van der Waals surface area (Å²) in [7, 11) is 2.12. The molecule has 2 aliphatic rings. The second-order valence-corrected chi connectivity index (χ2v) is 9.41. The van der Waals surface area contributed by atoms with Crippen LogP contribution in [0.15, 0.2) is 22.3 Å². The molecule has 0 aromatic rings. The summed E-state index contributed by atoms with van der Waals surface area (Å²) in [5, 5.41) is 3.22. The molecule has 0 bridgehead atoms. The van der Waals surface area contributed by atoms with Gasteiger partial charge in [0.2, 0.25) is 0 Å². The SMILES string of the molecule is CC1=[PH+]C(C)C(C)=C1C.CC1=[PH+]C(C)C(C)=C1C.[H-].[H-].[Zr+2]. The zero-order valence-corrected chi connectivity index (χ0v) is 18.1. The minimum atomic E-state index is 0. The third kappa shape index (κ3) is 4.88. The zero-order chi connectivity index (χ0) is 14.0. The molecule has 0 aromatic carbocycles. The summed E-state index contributed by atoms with van der Waals surface area (Å²) >= 11 is 0. The van der Waals surface area contributed by atoms with E-state index in [0.29, 0.717) is 0 Å². The molecule has 0 saturated carbocycles. The zero-order valence-electron chi connectivity index (χ0n) is 15.7. The molecule has 0 N–H and O–H groups in total. The van der Waals surface area contributed by atoms with Crippen LogP contribution < -0.4 is 0 Å². The Labute approximate surface area is 144 Å². The van der Waals surface area contributed by atoms with Gasteiger partial charge in [-0.3, -0.25) is 0 Å². The van der Waals surface area contributed by atoms with Gasteiger partial charge < -0.3 is 2.85 Å². The molecule has 0 fully saturated rings. The summed E-state index contributed by atoms with van der Waals surface area (Å²) in [6.07, 6.45) is 0. The van der Waals surface area contributed by atoms with Crippen LogP contribution in [-0.2, 0) is 26.2 Å². The molecule has 0 amide bonds.